The van der Waals surface area contributed by atoms with Gasteiger partial charge in [0.05, 0.1) is 0 Å². The fourth-order valence-electron chi connectivity index (χ4n) is 3.89. The summed E-state index contributed by atoms with van der Waals surface area (Å²) in [6.07, 6.45) is 1.02. The Bertz CT molecular complexity index is 565. The predicted octanol–water partition coefficient (Wildman–Crippen LogP) is 3.10. The lowest BCUT2D eigenvalue weighted by Gasteiger charge is -2.51. The lowest BCUT2D eigenvalue weighted by Crippen LogP contribution is -2.61. The summed E-state index contributed by atoms with van der Waals surface area (Å²) in [6.45, 7) is 12.9. The van der Waals surface area contributed by atoms with Crippen molar-refractivity contribution in [3.8, 4) is 0 Å². The number of hydrazine groups is 1. The fourth-order valence-corrected chi connectivity index (χ4v) is 3.89. The number of nitrogens with zero attached hydrogens (tertiary/aromatic N) is 1. The number of fused-ring (bicyclic) bond motifs is 1. The summed E-state index contributed by atoms with van der Waals surface area (Å²) in [6, 6.07) is 6.29. The molecule has 0 aliphatic carbocycles. The molecule has 0 saturated heterocycles. The Morgan fingerprint density at radius 2 is 2.05 bits per heavy atom. The van der Waals surface area contributed by atoms with Gasteiger partial charge >= 0.3 is 0 Å². The summed E-state index contributed by atoms with van der Waals surface area (Å²) < 4.78 is 0. The molecule has 22 heavy (non-hydrogen) atoms. The summed E-state index contributed by atoms with van der Waals surface area (Å²) in [4.78, 5) is 14.7. The molecular formula is C18H29N3O. The van der Waals surface area contributed by atoms with Crippen LogP contribution in [0.3, 0.4) is 0 Å². The summed E-state index contributed by atoms with van der Waals surface area (Å²) in [5.74, 6) is 5.99. The summed E-state index contributed by atoms with van der Waals surface area (Å²) in [7, 11) is 0. The molecule has 0 spiro atoms. The SMILES string of the molecule is Cc1ccc2c(c1)N(C(C(=O)NN)C(C)C)C(C)(C)CC2C. The van der Waals surface area contributed by atoms with Crippen LogP contribution in [0.5, 0.6) is 0 Å². The van der Waals surface area contributed by atoms with E-state index in [0.717, 1.165) is 6.42 Å². The second kappa shape index (κ2) is 5.92. The Hall–Kier alpha value is -1.55. The van der Waals surface area contributed by atoms with E-state index in [4.69, 9.17) is 5.84 Å². The molecule has 1 aliphatic rings. The minimum absolute atomic E-state index is 0.0956. The molecule has 1 amide bonds. The lowest BCUT2D eigenvalue weighted by molar-refractivity contribution is -0.123. The predicted molar refractivity (Wildman–Crippen MR) is 91.7 cm³/mol. The van der Waals surface area contributed by atoms with Crippen LogP contribution in [0.2, 0.25) is 0 Å². The number of nitrogens with one attached hydrogen (secondary N) is 1. The van der Waals surface area contributed by atoms with Crippen LogP contribution in [0.25, 0.3) is 0 Å². The van der Waals surface area contributed by atoms with Crippen LogP contribution in [0.1, 0.15) is 58.1 Å². The van der Waals surface area contributed by atoms with Crippen molar-refractivity contribution in [3.63, 3.8) is 0 Å². The zero-order valence-electron chi connectivity index (χ0n) is 14.6. The van der Waals surface area contributed by atoms with Crippen molar-refractivity contribution in [2.45, 2.75) is 65.5 Å². The quantitative estimate of drug-likeness (QED) is 0.512. The summed E-state index contributed by atoms with van der Waals surface area (Å²) in [5.41, 5.74) is 5.97. The van der Waals surface area contributed by atoms with Gasteiger partial charge in [-0.15, -0.1) is 0 Å². The molecule has 2 unspecified atom stereocenters. The highest BCUT2D eigenvalue weighted by molar-refractivity contribution is 5.86. The number of amides is 1. The monoisotopic (exact) mass is 303 g/mol. The lowest BCUT2D eigenvalue weighted by atomic mass is 9.77. The van der Waals surface area contributed by atoms with Crippen molar-refractivity contribution in [1.29, 1.82) is 0 Å². The summed E-state index contributed by atoms with van der Waals surface area (Å²) >= 11 is 0. The smallest absolute Gasteiger partial charge is 0.256 e. The van der Waals surface area contributed by atoms with Gasteiger partial charge in [-0.2, -0.15) is 0 Å². The van der Waals surface area contributed by atoms with Gasteiger partial charge in [-0.1, -0.05) is 32.9 Å². The van der Waals surface area contributed by atoms with Crippen LogP contribution in [-0.2, 0) is 4.79 Å². The molecule has 4 heteroatoms. The minimum Gasteiger partial charge on any atom is -0.354 e. The second-order valence-corrected chi connectivity index (χ2v) is 7.55. The highest BCUT2D eigenvalue weighted by Crippen LogP contribution is 2.45. The minimum atomic E-state index is -0.270. The molecule has 2 atom stereocenters. The summed E-state index contributed by atoms with van der Waals surface area (Å²) in [5, 5.41) is 0. The van der Waals surface area contributed by atoms with Crippen LogP contribution in [0.15, 0.2) is 18.2 Å². The number of aryl methyl sites for hydroxylation is 1. The molecule has 4 nitrogen and oxygen atoms in total. The largest absolute Gasteiger partial charge is 0.354 e. The maximum Gasteiger partial charge on any atom is 0.256 e. The first-order chi connectivity index (χ1) is 10.2. The van der Waals surface area contributed by atoms with Gasteiger partial charge in [0.2, 0.25) is 0 Å². The van der Waals surface area contributed by atoms with E-state index in [0.29, 0.717) is 5.92 Å². The van der Waals surface area contributed by atoms with E-state index in [-0.39, 0.29) is 23.4 Å². The van der Waals surface area contributed by atoms with Crippen LogP contribution >= 0.6 is 0 Å². The third-order valence-electron chi connectivity index (χ3n) is 4.75. The molecule has 0 aromatic heterocycles. The molecule has 3 N–H and O–H groups in total. The van der Waals surface area contributed by atoms with Gasteiger partial charge in [0.15, 0.2) is 0 Å². The van der Waals surface area contributed by atoms with Crippen LogP contribution in [0, 0.1) is 12.8 Å². The van der Waals surface area contributed by atoms with Gasteiger partial charge in [-0.05, 0) is 56.2 Å². The van der Waals surface area contributed by atoms with E-state index >= 15 is 0 Å². The van der Waals surface area contributed by atoms with Crippen molar-refractivity contribution in [2.24, 2.45) is 11.8 Å². The first-order valence-corrected chi connectivity index (χ1v) is 8.09. The van der Waals surface area contributed by atoms with Gasteiger partial charge in [-0.3, -0.25) is 10.2 Å². The topological polar surface area (TPSA) is 58.4 Å². The number of anilines is 1. The molecule has 0 bridgehead atoms. The van der Waals surface area contributed by atoms with Gasteiger partial charge in [0.1, 0.15) is 6.04 Å². The number of hydrogen-bond donors (Lipinski definition) is 2. The van der Waals surface area contributed by atoms with E-state index < -0.39 is 0 Å². The Kier molecular flexibility index (Phi) is 4.52. The highest BCUT2D eigenvalue weighted by atomic mass is 16.2. The fraction of sp³-hybridized carbons (Fsp3) is 0.611. The Labute approximate surface area is 134 Å². The Morgan fingerprint density at radius 1 is 1.41 bits per heavy atom. The second-order valence-electron chi connectivity index (χ2n) is 7.55. The molecule has 1 aliphatic heterocycles. The van der Waals surface area contributed by atoms with E-state index in [2.05, 4.69) is 70.1 Å². The van der Waals surface area contributed by atoms with E-state index in [1.54, 1.807) is 0 Å². The number of carbonyl (C=O) groups is 1. The van der Waals surface area contributed by atoms with Crippen molar-refractivity contribution < 1.29 is 4.79 Å². The maximum atomic E-state index is 12.4. The third kappa shape index (κ3) is 2.84. The van der Waals surface area contributed by atoms with E-state index in [1.165, 1.54) is 16.8 Å². The average molecular weight is 303 g/mol. The van der Waals surface area contributed by atoms with Crippen molar-refractivity contribution >= 4 is 11.6 Å². The highest BCUT2D eigenvalue weighted by Gasteiger charge is 2.43. The molecule has 1 aromatic rings. The van der Waals surface area contributed by atoms with Crippen molar-refractivity contribution in [1.82, 2.24) is 5.43 Å². The normalized spacial score (nSPS) is 21.5. The third-order valence-corrected chi connectivity index (χ3v) is 4.75. The standard InChI is InChI=1S/C18H29N3O/c1-11(2)16(17(22)20-19)21-15-9-12(3)7-8-14(15)13(4)10-18(21,5)6/h7-9,11,13,16H,10,19H2,1-6H3,(H,20,22). The zero-order chi connectivity index (χ0) is 16.7. The van der Waals surface area contributed by atoms with Gasteiger partial charge in [-0.25, -0.2) is 5.84 Å². The van der Waals surface area contributed by atoms with Crippen LogP contribution in [-0.4, -0.2) is 17.5 Å². The number of hydrogen-bond acceptors (Lipinski definition) is 3. The van der Waals surface area contributed by atoms with Crippen molar-refractivity contribution in [3.05, 3.63) is 29.3 Å². The molecule has 1 aromatic carbocycles. The van der Waals surface area contributed by atoms with Crippen molar-refractivity contribution in [2.75, 3.05) is 4.90 Å². The van der Waals surface area contributed by atoms with Gasteiger partial charge in [0, 0.05) is 11.2 Å². The molecule has 0 saturated carbocycles. The first kappa shape index (κ1) is 16.8. The molecule has 2 rings (SSSR count). The number of benzene rings is 1. The Morgan fingerprint density at radius 3 is 2.59 bits per heavy atom. The maximum absolute atomic E-state index is 12.4. The van der Waals surface area contributed by atoms with Gasteiger partial charge < -0.3 is 4.90 Å². The molecule has 0 fully saturated rings. The Balaban J connectivity index is 2.63. The molecular weight excluding hydrogens is 274 g/mol. The molecule has 0 radical (unpaired) electrons. The molecule has 122 valence electrons. The van der Waals surface area contributed by atoms with Crippen LogP contribution in [0.4, 0.5) is 5.69 Å². The molecule has 1 heterocycles. The van der Waals surface area contributed by atoms with E-state index in [1.807, 2.05) is 0 Å². The number of carbonyl (C=O) groups excluding carboxylic acids is 1. The van der Waals surface area contributed by atoms with Crippen LogP contribution < -0.4 is 16.2 Å². The number of nitrogens with two attached hydrogens (primary N) is 1. The zero-order valence-corrected chi connectivity index (χ0v) is 14.6. The number of rotatable bonds is 3. The average Bonchev–Trinajstić information content (AvgIpc) is 2.41. The van der Waals surface area contributed by atoms with E-state index in [9.17, 15) is 4.79 Å². The van der Waals surface area contributed by atoms with Gasteiger partial charge in [0.25, 0.3) is 5.91 Å². The first-order valence-electron chi connectivity index (χ1n) is 8.09.